The Morgan fingerprint density at radius 2 is 1.59 bits per heavy atom. The average molecular weight is 298 g/mol. The number of halogens is 1. The summed E-state index contributed by atoms with van der Waals surface area (Å²) in [6.45, 7) is 0. The minimum absolute atomic E-state index is 0.172. The zero-order valence-corrected chi connectivity index (χ0v) is 12.4. The number of rotatable bonds is 2. The smallest absolute Gasteiger partial charge is 0.185 e. The van der Waals surface area contributed by atoms with Crippen molar-refractivity contribution in [2.45, 2.75) is 37.5 Å². The van der Waals surface area contributed by atoms with Crippen molar-refractivity contribution in [2.75, 3.05) is 0 Å². The summed E-state index contributed by atoms with van der Waals surface area (Å²) >= 11 is 0. The highest BCUT2D eigenvalue weighted by atomic mass is 19.1. The maximum atomic E-state index is 13.4. The van der Waals surface area contributed by atoms with Gasteiger partial charge in [0.2, 0.25) is 0 Å². The van der Waals surface area contributed by atoms with Gasteiger partial charge in [0.15, 0.2) is 5.82 Å². The van der Waals surface area contributed by atoms with Crippen LogP contribution in [0.15, 0.2) is 24.3 Å². The number of tetrazole rings is 1. The number of H-pyrrole nitrogens is 1. The molecule has 4 bridgehead atoms. The topological polar surface area (TPSA) is 54.5 Å². The SMILES string of the molecule is Fc1ccc(C2(c3nn[nH]n3)C3CC4CC(C3)CC2C4)cc1. The summed E-state index contributed by atoms with van der Waals surface area (Å²) in [5.41, 5.74) is 0.998. The van der Waals surface area contributed by atoms with Crippen molar-refractivity contribution in [3.05, 3.63) is 41.5 Å². The molecular weight excluding hydrogens is 279 g/mol. The minimum Gasteiger partial charge on any atom is -0.207 e. The lowest BCUT2D eigenvalue weighted by molar-refractivity contribution is -0.0454. The highest BCUT2D eigenvalue weighted by molar-refractivity contribution is 5.38. The summed E-state index contributed by atoms with van der Waals surface area (Å²) in [6.07, 6.45) is 6.40. The predicted octanol–water partition coefficient (Wildman–Crippen LogP) is 3.08. The second-order valence-electron chi connectivity index (χ2n) is 7.42. The monoisotopic (exact) mass is 298 g/mol. The zero-order chi connectivity index (χ0) is 14.7. The second-order valence-corrected chi connectivity index (χ2v) is 7.42. The number of nitrogens with one attached hydrogen (secondary N) is 1. The van der Waals surface area contributed by atoms with Gasteiger partial charge < -0.3 is 0 Å². The normalized spacial score (nSPS) is 39.3. The lowest BCUT2D eigenvalue weighted by atomic mass is 9.43. The molecule has 5 heteroatoms. The first-order valence-electron chi connectivity index (χ1n) is 8.26. The first kappa shape index (κ1) is 12.7. The van der Waals surface area contributed by atoms with E-state index in [-0.39, 0.29) is 11.2 Å². The Balaban J connectivity index is 1.72. The van der Waals surface area contributed by atoms with Crippen LogP contribution in [-0.4, -0.2) is 20.6 Å². The molecule has 1 aromatic heterocycles. The maximum absolute atomic E-state index is 13.4. The van der Waals surface area contributed by atoms with Crippen molar-refractivity contribution >= 4 is 0 Å². The molecule has 1 heterocycles. The molecule has 0 atom stereocenters. The molecule has 1 N–H and O–H groups in total. The lowest BCUT2D eigenvalue weighted by Gasteiger charge is -2.60. The summed E-state index contributed by atoms with van der Waals surface area (Å²) in [5.74, 6) is 3.48. The quantitative estimate of drug-likeness (QED) is 0.927. The first-order chi connectivity index (χ1) is 10.8. The van der Waals surface area contributed by atoms with Crippen LogP contribution < -0.4 is 0 Å². The van der Waals surface area contributed by atoms with Crippen LogP contribution in [0.2, 0.25) is 0 Å². The highest BCUT2D eigenvalue weighted by Gasteiger charge is 2.60. The predicted molar refractivity (Wildman–Crippen MR) is 78.4 cm³/mol. The van der Waals surface area contributed by atoms with Gasteiger partial charge in [-0.3, -0.25) is 0 Å². The van der Waals surface area contributed by atoms with E-state index in [1.54, 1.807) is 12.1 Å². The Morgan fingerprint density at radius 3 is 2.14 bits per heavy atom. The molecule has 4 saturated carbocycles. The Bertz CT molecular complexity index is 651. The van der Waals surface area contributed by atoms with E-state index < -0.39 is 0 Å². The Labute approximate surface area is 128 Å². The highest BCUT2D eigenvalue weighted by Crippen LogP contribution is 2.64. The molecule has 6 rings (SSSR count). The van der Waals surface area contributed by atoms with Crippen LogP contribution >= 0.6 is 0 Å². The molecule has 114 valence electrons. The Hall–Kier alpha value is -1.78. The van der Waals surface area contributed by atoms with Gasteiger partial charge in [-0.1, -0.05) is 17.3 Å². The fourth-order valence-corrected chi connectivity index (χ4v) is 5.96. The third kappa shape index (κ3) is 1.54. The van der Waals surface area contributed by atoms with Crippen LogP contribution in [0.4, 0.5) is 4.39 Å². The summed E-state index contributed by atoms with van der Waals surface area (Å²) in [6, 6.07) is 7.02. The third-order valence-corrected chi connectivity index (χ3v) is 6.46. The van der Waals surface area contributed by atoms with Gasteiger partial charge in [0.25, 0.3) is 0 Å². The first-order valence-corrected chi connectivity index (χ1v) is 8.26. The van der Waals surface area contributed by atoms with E-state index in [1.807, 2.05) is 12.1 Å². The summed E-state index contributed by atoms with van der Waals surface area (Å²) in [7, 11) is 0. The molecule has 0 aliphatic heterocycles. The third-order valence-electron chi connectivity index (χ3n) is 6.46. The maximum Gasteiger partial charge on any atom is 0.185 e. The summed E-state index contributed by atoms with van der Waals surface area (Å²) in [5, 5.41) is 15.3. The molecule has 0 unspecified atom stereocenters. The van der Waals surface area contributed by atoms with Gasteiger partial charge in [-0.15, -0.1) is 10.2 Å². The Morgan fingerprint density at radius 1 is 0.955 bits per heavy atom. The van der Waals surface area contributed by atoms with E-state index in [1.165, 1.54) is 37.7 Å². The van der Waals surface area contributed by atoms with Crippen LogP contribution in [0.1, 0.15) is 43.5 Å². The van der Waals surface area contributed by atoms with Crippen LogP contribution in [0.25, 0.3) is 0 Å². The molecule has 4 aliphatic carbocycles. The molecule has 4 fully saturated rings. The van der Waals surface area contributed by atoms with Crippen LogP contribution in [0.5, 0.6) is 0 Å². The fraction of sp³-hybridized carbons (Fsp3) is 0.588. The van der Waals surface area contributed by atoms with Gasteiger partial charge in [0.05, 0.1) is 5.41 Å². The molecule has 0 amide bonds. The number of aromatic amines is 1. The summed E-state index contributed by atoms with van der Waals surface area (Å²) in [4.78, 5) is 0. The fourth-order valence-electron chi connectivity index (χ4n) is 5.96. The van der Waals surface area contributed by atoms with Crippen molar-refractivity contribution in [2.24, 2.45) is 23.7 Å². The van der Waals surface area contributed by atoms with Crippen molar-refractivity contribution in [1.82, 2.24) is 20.6 Å². The van der Waals surface area contributed by atoms with E-state index in [9.17, 15) is 4.39 Å². The molecule has 4 aliphatic rings. The van der Waals surface area contributed by atoms with Crippen LogP contribution in [0.3, 0.4) is 0 Å². The molecule has 0 saturated heterocycles. The van der Waals surface area contributed by atoms with E-state index in [4.69, 9.17) is 0 Å². The molecule has 0 radical (unpaired) electrons. The molecule has 2 aromatic rings. The van der Waals surface area contributed by atoms with Gasteiger partial charge in [-0.2, -0.15) is 5.21 Å². The molecule has 0 spiro atoms. The van der Waals surface area contributed by atoms with E-state index in [2.05, 4.69) is 20.6 Å². The van der Waals surface area contributed by atoms with Gasteiger partial charge in [0.1, 0.15) is 5.82 Å². The number of aromatic nitrogens is 4. The van der Waals surface area contributed by atoms with Crippen LogP contribution in [0, 0.1) is 29.5 Å². The van der Waals surface area contributed by atoms with Crippen molar-refractivity contribution in [3.63, 3.8) is 0 Å². The number of benzene rings is 1. The van der Waals surface area contributed by atoms with Crippen molar-refractivity contribution < 1.29 is 4.39 Å². The zero-order valence-electron chi connectivity index (χ0n) is 12.4. The van der Waals surface area contributed by atoms with Gasteiger partial charge in [0, 0.05) is 0 Å². The van der Waals surface area contributed by atoms with Crippen LogP contribution in [-0.2, 0) is 5.41 Å². The standard InChI is InChI=1S/C17H19FN4/c18-15-3-1-12(2-4-15)17(16-19-21-22-20-16)13-6-10-5-11(8-13)9-14(17)7-10/h1-4,10-11,13-14H,5-9H2,(H,19,20,21,22). The van der Waals surface area contributed by atoms with Gasteiger partial charge >= 0.3 is 0 Å². The number of hydrogen-bond acceptors (Lipinski definition) is 3. The second kappa shape index (κ2) is 4.37. The number of nitrogens with zero attached hydrogens (tertiary/aromatic N) is 3. The molecular formula is C17H19FN4. The molecule has 22 heavy (non-hydrogen) atoms. The molecule has 1 aromatic carbocycles. The van der Waals surface area contributed by atoms with E-state index >= 15 is 0 Å². The van der Waals surface area contributed by atoms with Crippen molar-refractivity contribution in [1.29, 1.82) is 0 Å². The number of hydrogen-bond donors (Lipinski definition) is 1. The van der Waals surface area contributed by atoms with Gasteiger partial charge in [-0.05, 0) is 73.5 Å². The lowest BCUT2D eigenvalue weighted by Crippen LogP contribution is -2.56. The average Bonchev–Trinajstić information content (AvgIpc) is 3.03. The summed E-state index contributed by atoms with van der Waals surface area (Å²) < 4.78 is 13.4. The van der Waals surface area contributed by atoms with Crippen molar-refractivity contribution in [3.8, 4) is 0 Å². The minimum atomic E-state index is -0.184. The Kier molecular flexibility index (Phi) is 2.53. The van der Waals surface area contributed by atoms with Gasteiger partial charge in [-0.25, -0.2) is 4.39 Å². The van der Waals surface area contributed by atoms with E-state index in [0.717, 1.165) is 17.7 Å². The largest absolute Gasteiger partial charge is 0.207 e. The molecule has 4 nitrogen and oxygen atoms in total. The van der Waals surface area contributed by atoms with E-state index in [0.29, 0.717) is 11.8 Å².